The number of aryl methyl sites for hydroxylation is 1. The van der Waals surface area contributed by atoms with Gasteiger partial charge in [-0.15, -0.1) is 11.3 Å². The molecule has 6 heteroatoms. The molecule has 2 aromatic rings. The maximum atomic E-state index is 12.2. The lowest BCUT2D eigenvalue weighted by Crippen LogP contribution is -3.00. The van der Waals surface area contributed by atoms with Crippen LogP contribution < -0.4 is 28.5 Å². The molecule has 0 saturated heterocycles. The topological polar surface area (TPSA) is 29.1 Å². The average molecular weight is 375 g/mol. The highest BCUT2D eigenvalue weighted by atomic mass is 127. The van der Waals surface area contributed by atoms with Crippen LogP contribution in [0.4, 0.5) is 4.79 Å². The number of carbonyl (C=O) groups excluding carboxylic acids is 1. The van der Waals surface area contributed by atoms with E-state index < -0.39 is 0 Å². The van der Waals surface area contributed by atoms with Gasteiger partial charge in [0, 0.05) is 11.4 Å². The van der Waals surface area contributed by atoms with Crippen LogP contribution in [0.15, 0.2) is 30.2 Å². The van der Waals surface area contributed by atoms with Crippen LogP contribution in [0, 0.1) is 0 Å². The fourth-order valence-electron chi connectivity index (χ4n) is 2.14. The first kappa shape index (κ1) is 13.5. The van der Waals surface area contributed by atoms with Gasteiger partial charge in [-0.2, -0.15) is 4.57 Å². The number of rotatable bonds is 0. The minimum absolute atomic E-state index is 0. The van der Waals surface area contributed by atoms with Crippen molar-refractivity contribution in [3.63, 3.8) is 0 Å². The van der Waals surface area contributed by atoms with Gasteiger partial charge in [-0.05, 0) is 23.4 Å². The maximum absolute atomic E-state index is 12.2. The number of hydrogen-bond donors (Lipinski definition) is 0. The van der Waals surface area contributed by atoms with Gasteiger partial charge in [-0.25, -0.2) is 9.36 Å². The minimum atomic E-state index is 0. The molecule has 3 heterocycles. The fourth-order valence-corrected chi connectivity index (χ4v) is 3.03. The van der Waals surface area contributed by atoms with Crippen LogP contribution in [0.1, 0.15) is 10.4 Å². The SMILES string of the molecule is C[n+]1ccn(C(=O)N2CCc3sccc3C2)c1.[I-]. The molecule has 0 N–H and O–H groups in total. The second-order valence-corrected chi connectivity index (χ2v) is 5.31. The summed E-state index contributed by atoms with van der Waals surface area (Å²) >= 11 is 1.79. The van der Waals surface area contributed by atoms with Gasteiger partial charge in [0.05, 0.1) is 13.6 Å². The average Bonchev–Trinajstić information content (AvgIpc) is 2.95. The lowest BCUT2D eigenvalue weighted by molar-refractivity contribution is -0.670. The Kier molecular flexibility index (Phi) is 4.06. The third kappa shape index (κ3) is 2.44. The number of imidazole rings is 1. The van der Waals surface area contributed by atoms with Crippen LogP contribution in [0.25, 0.3) is 0 Å². The Morgan fingerprint density at radius 1 is 1.50 bits per heavy atom. The lowest BCUT2D eigenvalue weighted by atomic mass is 10.1. The van der Waals surface area contributed by atoms with E-state index in [0.717, 1.165) is 19.5 Å². The molecule has 18 heavy (non-hydrogen) atoms. The maximum Gasteiger partial charge on any atom is 0.416 e. The molecule has 2 aromatic heterocycles. The van der Waals surface area contributed by atoms with Crippen LogP contribution >= 0.6 is 11.3 Å². The summed E-state index contributed by atoms with van der Waals surface area (Å²) in [6.45, 7) is 1.55. The Balaban J connectivity index is 0.00000120. The van der Waals surface area contributed by atoms with Crippen molar-refractivity contribution in [1.29, 1.82) is 0 Å². The van der Waals surface area contributed by atoms with Gasteiger partial charge in [0.1, 0.15) is 12.4 Å². The smallest absolute Gasteiger partial charge is 0.416 e. The molecule has 1 aliphatic heterocycles. The Morgan fingerprint density at radius 2 is 2.33 bits per heavy atom. The molecule has 0 spiro atoms. The van der Waals surface area contributed by atoms with E-state index >= 15 is 0 Å². The molecule has 0 aromatic carbocycles. The Morgan fingerprint density at radius 3 is 3.06 bits per heavy atom. The van der Waals surface area contributed by atoms with Crippen LogP contribution in [-0.2, 0) is 20.0 Å². The van der Waals surface area contributed by atoms with Gasteiger partial charge >= 0.3 is 6.03 Å². The first-order chi connectivity index (χ1) is 8.24. The minimum Gasteiger partial charge on any atom is -1.00 e. The highest BCUT2D eigenvalue weighted by Gasteiger charge is 2.25. The Hall–Kier alpha value is -0.890. The summed E-state index contributed by atoms with van der Waals surface area (Å²) in [5.41, 5.74) is 1.30. The standard InChI is InChI=1S/C12H14N3OS.HI/c1-13-5-6-15(9-13)12(16)14-4-2-11-10(8-14)3-7-17-11;/h3,5-7,9H,2,4,8H2,1H3;1H/q+1;/p-1. The molecule has 0 bridgehead atoms. The van der Waals surface area contributed by atoms with E-state index in [1.54, 1.807) is 28.4 Å². The summed E-state index contributed by atoms with van der Waals surface area (Å²) in [6, 6.07) is 2.18. The fraction of sp³-hybridized carbons (Fsp3) is 0.333. The summed E-state index contributed by atoms with van der Waals surface area (Å²) in [7, 11) is 1.91. The third-order valence-electron chi connectivity index (χ3n) is 3.07. The molecule has 4 nitrogen and oxygen atoms in total. The molecular formula is C12H14IN3OS. The zero-order chi connectivity index (χ0) is 11.8. The molecule has 1 aliphatic rings. The van der Waals surface area contributed by atoms with Gasteiger partial charge < -0.3 is 24.0 Å². The molecule has 3 rings (SSSR count). The number of amides is 1. The van der Waals surface area contributed by atoms with Crippen molar-refractivity contribution < 1.29 is 33.3 Å². The van der Waals surface area contributed by atoms with E-state index in [1.165, 1.54) is 10.4 Å². The normalized spacial score (nSPS) is 13.9. The van der Waals surface area contributed by atoms with Crippen molar-refractivity contribution in [3.05, 3.63) is 40.6 Å². The molecular weight excluding hydrogens is 361 g/mol. The monoisotopic (exact) mass is 375 g/mol. The number of nitrogens with zero attached hydrogens (tertiary/aromatic N) is 3. The molecule has 96 valence electrons. The second-order valence-electron chi connectivity index (χ2n) is 4.31. The van der Waals surface area contributed by atoms with Crippen molar-refractivity contribution in [2.24, 2.45) is 7.05 Å². The van der Waals surface area contributed by atoms with Gasteiger partial charge in [0.15, 0.2) is 0 Å². The molecule has 1 amide bonds. The zero-order valence-corrected chi connectivity index (χ0v) is 13.0. The molecule has 0 radical (unpaired) electrons. The summed E-state index contributed by atoms with van der Waals surface area (Å²) in [5, 5.41) is 2.11. The molecule has 0 unspecified atom stereocenters. The van der Waals surface area contributed by atoms with E-state index in [1.807, 2.05) is 22.7 Å². The number of hydrogen-bond acceptors (Lipinski definition) is 2. The lowest BCUT2D eigenvalue weighted by Gasteiger charge is -2.24. The number of carbonyl (C=O) groups is 1. The van der Waals surface area contributed by atoms with Crippen molar-refractivity contribution in [2.45, 2.75) is 13.0 Å². The van der Waals surface area contributed by atoms with E-state index in [2.05, 4.69) is 11.4 Å². The summed E-state index contributed by atoms with van der Waals surface area (Å²) in [5.74, 6) is 0. The zero-order valence-electron chi connectivity index (χ0n) is 10.0. The first-order valence-corrected chi connectivity index (χ1v) is 6.50. The van der Waals surface area contributed by atoms with E-state index in [-0.39, 0.29) is 30.0 Å². The predicted octanol–water partition coefficient (Wildman–Crippen LogP) is -1.60. The van der Waals surface area contributed by atoms with E-state index in [0.29, 0.717) is 0 Å². The molecule has 0 aliphatic carbocycles. The van der Waals surface area contributed by atoms with Crippen molar-refractivity contribution in [1.82, 2.24) is 9.47 Å². The summed E-state index contributed by atoms with van der Waals surface area (Å²) in [4.78, 5) is 15.5. The number of halogens is 1. The van der Waals surface area contributed by atoms with Gasteiger partial charge in [0.2, 0.25) is 0 Å². The Labute approximate surface area is 127 Å². The second kappa shape index (κ2) is 5.40. The van der Waals surface area contributed by atoms with Crippen molar-refractivity contribution in [3.8, 4) is 0 Å². The highest BCUT2D eigenvalue weighted by Crippen LogP contribution is 2.24. The van der Waals surface area contributed by atoms with Crippen LogP contribution in [0.5, 0.6) is 0 Å². The number of fused-ring (bicyclic) bond motifs is 1. The summed E-state index contributed by atoms with van der Waals surface area (Å²) in [6.07, 6.45) is 6.45. The van der Waals surface area contributed by atoms with Gasteiger partial charge in [-0.1, -0.05) is 0 Å². The third-order valence-corrected chi connectivity index (χ3v) is 4.09. The van der Waals surface area contributed by atoms with Gasteiger partial charge in [-0.3, -0.25) is 4.90 Å². The Bertz CT molecular complexity index is 563. The quantitative estimate of drug-likeness (QED) is 0.403. The number of thiophene rings is 1. The van der Waals surface area contributed by atoms with Crippen molar-refractivity contribution >= 4 is 17.4 Å². The first-order valence-electron chi connectivity index (χ1n) is 5.62. The van der Waals surface area contributed by atoms with Crippen molar-refractivity contribution in [2.75, 3.05) is 6.54 Å². The summed E-state index contributed by atoms with van der Waals surface area (Å²) < 4.78 is 3.51. The number of aromatic nitrogens is 2. The molecule has 0 saturated carbocycles. The van der Waals surface area contributed by atoms with Crippen LogP contribution in [-0.4, -0.2) is 22.0 Å². The highest BCUT2D eigenvalue weighted by molar-refractivity contribution is 7.10. The predicted molar refractivity (Wildman–Crippen MR) is 64.8 cm³/mol. The largest absolute Gasteiger partial charge is 1.00 e. The van der Waals surface area contributed by atoms with E-state index in [4.69, 9.17) is 0 Å². The molecule has 0 atom stereocenters. The van der Waals surface area contributed by atoms with Gasteiger partial charge in [0.25, 0.3) is 6.33 Å². The molecule has 0 fully saturated rings. The van der Waals surface area contributed by atoms with E-state index in [9.17, 15) is 4.79 Å². The van der Waals surface area contributed by atoms with Crippen LogP contribution in [0.3, 0.4) is 0 Å². The van der Waals surface area contributed by atoms with Crippen LogP contribution in [0.2, 0.25) is 0 Å².